The van der Waals surface area contributed by atoms with Crippen molar-refractivity contribution in [2.45, 2.75) is 6.54 Å². The Balaban J connectivity index is 2.48. The lowest BCUT2D eigenvalue weighted by atomic mass is 10.2. The predicted molar refractivity (Wildman–Crippen MR) is 58.3 cm³/mol. The fourth-order valence-corrected chi connectivity index (χ4v) is 1.91. The van der Waals surface area contributed by atoms with E-state index in [2.05, 4.69) is 4.98 Å². The molecular formula is C10H10N2OS. The van der Waals surface area contributed by atoms with E-state index in [1.165, 1.54) is 0 Å². The minimum absolute atomic E-state index is 0.101. The number of rotatable bonds is 2. The molecule has 0 aromatic carbocycles. The van der Waals surface area contributed by atoms with Crippen molar-refractivity contribution in [1.82, 2.24) is 4.98 Å². The molecule has 0 amide bonds. The van der Waals surface area contributed by atoms with Gasteiger partial charge in [-0.1, -0.05) is 6.07 Å². The van der Waals surface area contributed by atoms with Gasteiger partial charge in [-0.3, -0.25) is 4.79 Å². The largest absolute Gasteiger partial charge is 0.326 e. The molecule has 4 heteroatoms. The zero-order chi connectivity index (χ0) is 9.97. The van der Waals surface area contributed by atoms with E-state index in [1.807, 2.05) is 22.9 Å². The summed E-state index contributed by atoms with van der Waals surface area (Å²) < 4.78 is 0. The first kappa shape index (κ1) is 9.18. The van der Waals surface area contributed by atoms with Gasteiger partial charge in [-0.15, -0.1) is 0 Å². The molecule has 0 aliphatic rings. The average molecular weight is 206 g/mol. The lowest BCUT2D eigenvalue weighted by Gasteiger charge is -1.99. The minimum Gasteiger partial charge on any atom is -0.326 e. The van der Waals surface area contributed by atoms with Gasteiger partial charge in [-0.05, 0) is 17.5 Å². The quantitative estimate of drug-likeness (QED) is 0.783. The van der Waals surface area contributed by atoms with Crippen LogP contribution in [0.5, 0.6) is 0 Å². The number of hydrogen-bond donors (Lipinski definition) is 2. The van der Waals surface area contributed by atoms with E-state index < -0.39 is 0 Å². The van der Waals surface area contributed by atoms with E-state index >= 15 is 0 Å². The summed E-state index contributed by atoms with van der Waals surface area (Å²) in [6.45, 7) is 0.277. The maximum Gasteiger partial charge on any atom is 0.252 e. The van der Waals surface area contributed by atoms with Gasteiger partial charge in [0.25, 0.3) is 5.56 Å². The van der Waals surface area contributed by atoms with E-state index in [4.69, 9.17) is 5.73 Å². The molecular weight excluding hydrogens is 196 g/mol. The van der Waals surface area contributed by atoms with Crippen LogP contribution in [-0.4, -0.2) is 4.98 Å². The second-order valence-electron chi connectivity index (χ2n) is 2.94. The Labute approximate surface area is 85.2 Å². The molecule has 3 nitrogen and oxygen atoms in total. The zero-order valence-electron chi connectivity index (χ0n) is 7.49. The molecule has 2 aromatic rings. The number of aromatic nitrogens is 1. The lowest BCUT2D eigenvalue weighted by Crippen LogP contribution is -2.15. The normalized spacial score (nSPS) is 10.4. The van der Waals surface area contributed by atoms with Crippen LogP contribution in [0.15, 0.2) is 33.8 Å². The summed E-state index contributed by atoms with van der Waals surface area (Å²) in [6, 6.07) is 5.62. The van der Waals surface area contributed by atoms with Crippen molar-refractivity contribution in [2.24, 2.45) is 5.73 Å². The molecule has 72 valence electrons. The van der Waals surface area contributed by atoms with Gasteiger partial charge in [0.1, 0.15) is 0 Å². The predicted octanol–water partition coefficient (Wildman–Crippen LogP) is 1.56. The second-order valence-corrected chi connectivity index (χ2v) is 3.72. The number of pyridine rings is 1. The molecule has 0 fully saturated rings. The molecule has 2 rings (SSSR count). The molecule has 2 heterocycles. The van der Waals surface area contributed by atoms with Crippen LogP contribution >= 0.6 is 11.3 Å². The number of thiophene rings is 1. The molecule has 0 aliphatic carbocycles. The summed E-state index contributed by atoms with van der Waals surface area (Å²) in [4.78, 5) is 14.2. The van der Waals surface area contributed by atoms with Gasteiger partial charge in [0.15, 0.2) is 0 Å². The summed E-state index contributed by atoms with van der Waals surface area (Å²) in [6.07, 6.45) is 0. The Morgan fingerprint density at radius 1 is 1.36 bits per heavy atom. The van der Waals surface area contributed by atoms with Gasteiger partial charge in [-0.2, -0.15) is 11.3 Å². The van der Waals surface area contributed by atoms with Gasteiger partial charge in [-0.25, -0.2) is 0 Å². The summed E-state index contributed by atoms with van der Waals surface area (Å²) >= 11 is 1.60. The summed E-state index contributed by atoms with van der Waals surface area (Å²) in [7, 11) is 0. The fraction of sp³-hybridized carbons (Fsp3) is 0.100. The summed E-state index contributed by atoms with van der Waals surface area (Å²) in [5.74, 6) is 0. The molecule has 14 heavy (non-hydrogen) atoms. The van der Waals surface area contributed by atoms with E-state index in [0.717, 1.165) is 11.3 Å². The number of aromatic amines is 1. The standard InChI is InChI=1S/C10H10N2OS/c11-5-7-1-2-9(12-10(7)13)8-3-4-14-6-8/h1-4,6H,5,11H2,(H,12,13). The topological polar surface area (TPSA) is 58.9 Å². The van der Waals surface area contributed by atoms with Gasteiger partial charge in [0, 0.05) is 28.7 Å². The molecule has 3 N–H and O–H groups in total. The van der Waals surface area contributed by atoms with Crippen molar-refractivity contribution >= 4 is 11.3 Å². The van der Waals surface area contributed by atoms with Gasteiger partial charge >= 0.3 is 0 Å². The van der Waals surface area contributed by atoms with E-state index in [0.29, 0.717) is 5.56 Å². The first-order chi connectivity index (χ1) is 6.81. The van der Waals surface area contributed by atoms with Crippen LogP contribution in [0.25, 0.3) is 11.3 Å². The Kier molecular flexibility index (Phi) is 2.47. The molecule has 2 aromatic heterocycles. The Morgan fingerprint density at radius 3 is 2.79 bits per heavy atom. The van der Waals surface area contributed by atoms with Crippen LogP contribution in [0, 0.1) is 0 Å². The van der Waals surface area contributed by atoms with Crippen LogP contribution < -0.4 is 11.3 Å². The summed E-state index contributed by atoms with van der Waals surface area (Å²) in [5.41, 5.74) is 7.79. The number of nitrogens with two attached hydrogens (primary N) is 1. The first-order valence-electron chi connectivity index (χ1n) is 4.26. The van der Waals surface area contributed by atoms with Gasteiger partial charge < -0.3 is 10.7 Å². The summed E-state index contributed by atoms with van der Waals surface area (Å²) in [5, 5.41) is 3.97. The highest BCUT2D eigenvalue weighted by atomic mass is 32.1. The van der Waals surface area contributed by atoms with Gasteiger partial charge in [0.2, 0.25) is 0 Å². The Hall–Kier alpha value is -1.39. The number of hydrogen-bond acceptors (Lipinski definition) is 3. The van der Waals surface area contributed by atoms with Crippen molar-refractivity contribution in [1.29, 1.82) is 0 Å². The highest BCUT2D eigenvalue weighted by molar-refractivity contribution is 7.08. The van der Waals surface area contributed by atoms with Crippen LogP contribution in [0.2, 0.25) is 0 Å². The van der Waals surface area contributed by atoms with Crippen molar-refractivity contribution in [2.75, 3.05) is 0 Å². The second kappa shape index (κ2) is 3.77. The van der Waals surface area contributed by atoms with Crippen LogP contribution in [-0.2, 0) is 6.54 Å². The molecule has 0 aliphatic heterocycles. The maximum absolute atomic E-state index is 11.4. The third kappa shape index (κ3) is 1.62. The molecule has 0 spiro atoms. The van der Waals surface area contributed by atoms with Crippen LogP contribution in [0.4, 0.5) is 0 Å². The highest BCUT2D eigenvalue weighted by Gasteiger charge is 2.01. The third-order valence-corrected chi connectivity index (χ3v) is 2.73. The van der Waals surface area contributed by atoms with Crippen molar-refractivity contribution in [3.05, 3.63) is 44.9 Å². The van der Waals surface area contributed by atoms with Crippen molar-refractivity contribution in [3.8, 4) is 11.3 Å². The van der Waals surface area contributed by atoms with E-state index in [-0.39, 0.29) is 12.1 Å². The van der Waals surface area contributed by atoms with Gasteiger partial charge in [0.05, 0.1) is 0 Å². The minimum atomic E-state index is -0.101. The average Bonchev–Trinajstić information content (AvgIpc) is 2.70. The molecule has 0 saturated heterocycles. The fourth-order valence-electron chi connectivity index (χ4n) is 1.25. The molecule has 0 radical (unpaired) electrons. The van der Waals surface area contributed by atoms with Crippen LogP contribution in [0.3, 0.4) is 0 Å². The van der Waals surface area contributed by atoms with E-state index in [1.54, 1.807) is 17.4 Å². The zero-order valence-corrected chi connectivity index (χ0v) is 8.30. The molecule has 0 atom stereocenters. The Morgan fingerprint density at radius 2 is 2.21 bits per heavy atom. The lowest BCUT2D eigenvalue weighted by molar-refractivity contribution is 1.02. The Bertz CT molecular complexity index is 473. The van der Waals surface area contributed by atoms with Crippen molar-refractivity contribution < 1.29 is 0 Å². The molecule has 0 saturated carbocycles. The van der Waals surface area contributed by atoms with Crippen LogP contribution in [0.1, 0.15) is 5.56 Å². The smallest absolute Gasteiger partial charge is 0.252 e. The first-order valence-corrected chi connectivity index (χ1v) is 5.20. The SMILES string of the molecule is NCc1ccc(-c2ccsc2)[nH]c1=O. The van der Waals surface area contributed by atoms with E-state index in [9.17, 15) is 4.79 Å². The van der Waals surface area contributed by atoms with Crippen molar-refractivity contribution in [3.63, 3.8) is 0 Å². The molecule has 0 unspecified atom stereocenters. The number of H-pyrrole nitrogens is 1. The highest BCUT2D eigenvalue weighted by Crippen LogP contribution is 2.18. The third-order valence-electron chi connectivity index (χ3n) is 2.04. The maximum atomic E-state index is 11.4. The monoisotopic (exact) mass is 206 g/mol. The number of nitrogens with one attached hydrogen (secondary N) is 1. The molecule has 0 bridgehead atoms.